The first kappa shape index (κ1) is 26.5. The van der Waals surface area contributed by atoms with Crippen LogP contribution in [0.3, 0.4) is 0 Å². The van der Waals surface area contributed by atoms with E-state index in [9.17, 15) is 19.2 Å². The summed E-state index contributed by atoms with van der Waals surface area (Å²) in [6.45, 7) is 4.80. The number of nitrogens with one attached hydrogen (secondary N) is 1. The van der Waals surface area contributed by atoms with Crippen molar-refractivity contribution in [2.75, 3.05) is 6.61 Å². The fourth-order valence-electron chi connectivity index (χ4n) is 3.94. The quantitative estimate of drug-likeness (QED) is 0.429. The van der Waals surface area contributed by atoms with Gasteiger partial charge in [-0.05, 0) is 16.3 Å². The Balaban J connectivity index is 1.90. The van der Waals surface area contributed by atoms with Crippen LogP contribution in [0, 0.1) is 0 Å². The molecule has 0 saturated carbocycles. The third kappa shape index (κ3) is 7.43. The van der Waals surface area contributed by atoms with E-state index < -0.39 is 47.7 Å². The van der Waals surface area contributed by atoms with Gasteiger partial charge in [0.05, 0.1) is 0 Å². The number of amides is 1. The molecule has 5 unspecified atom stereocenters. The van der Waals surface area contributed by atoms with Crippen LogP contribution in [0.2, 0.25) is 0 Å². The number of carbonyl (C=O) groups excluding carboxylic acids is 4. The Kier molecular flexibility index (Phi) is 9.11. The van der Waals surface area contributed by atoms with Crippen molar-refractivity contribution in [1.82, 2.24) is 5.32 Å². The lowest BCUT2D eigenvalue weighted by Crippen LogP contribution is -2.65. The molecule has 0 bridgehead atoms. The first-order chi connectivity index (χ1) is 16.6. The standard InChI is InChI=1S/C25H29NO8S/c1-14(27)26-22-24(33-17(4)30)23(32-16(3)29)21(12-31-15(2)28)34-25(22)35-13-18-9-10-19-7-5-6-8-20(19)11-18/h5-11,21-25H,12-13H2,1-4H3,(H,26,27). The van der Waals surface area contributed by atoms with Gasteiger partial charge in [-0.2, -0.15) is 0 Å². The highest BCUT2D eigenvalue weighted by Crippen LogP contribution is 2.34. The van der Waals surface area contributed by atoms with E-state index in [-0.39, 0.29) is 12.5 Å². The molecule has 9 nitrogen and oxygen atoms in total. The monoisotopic (exact) mass is 503 g/mol. The summed E-state index contributed by atoms with van der Waals surface area (Å²) in [4.78, 5) is 47.3. The Bertz CT molecular complexity index is 1090. The van der Waals surface area contributed by atoms with Gasteiger partial charge in [0.2, 0.25) is 5.91 Å². The van der Waals surface area contributed by atoms with Crippen LogP contribution >= 0.6 is 11.8 Å². The molecule has 0 aliphatic carbocycles. The minimum absolute atomic E-state index is 0.217. The van der Waals surface area contributed by atoms with Crippen LogP contribution in [0.5, 0.6) is 0 Å². The van der Waals surface area contributed by atoms with Crippen molar-refractivity contribution in [2.24, 2.45) is 0 Å². The van der Waals surface area contributed by atoms with Crippen LogP contribution < -0.4 is 5.32 Å². The van der Waals surface area contributed by atoms with Crippen LogP contribution in [-0.4, -0.2) is 60.2 Å². The van der Waals surface area contributed by atoms with Gasteiger partial charge in [0.25, 0.3) is 0 Å². The van der Waals surface area contributed by atoms with Crippen molar-refractivity contribution in [3.63, 3.8) is 0 Å². The van der Waals surface area contributed by atoms with E-state index in [1.165, 1.54) is 39.5 Å². The van der Waals surface area contributed by atoms with E-state index in [0.29, 0.717) is 5.75 Å². The summed E-state index contributed by atoms with van der Waals surface area (Å²) in [6.07, 6.45) is -3.06. The number of carbonyl (C=O) groups is 4. The van der Waals surface area contributed by atoms with Crippen LogP contribution in [-0.2, 0) is 43.9 Å². The highest BCUT2D eigenvalue weighted by atomic mass is 32.2. The van der Waals surface area contributed by atoms with Crippen molar-refractivity contribution >= 4 is 46.3 Å². The molecule has 0 spiro atoms. The minimum atomic E-state index is -1.09. The third-order valence-electron chi connectivity index (χ3n) is 5.30. The van der Waals surface area contributed by atoms with Gasteiger partial charge in [-0.25, -0.2) is 0 Å². The molecule has 3 rings (SSSR count). The first-order valence-corrected chi connectivity index (χ1v) is 12.2. The molecular weight excluding hydrogens is 474 g/mol. The van der Waals surface area contributed by atoms with E-state index in [0.717, 1.165) is 16.3 Å². The molecule has 1 heterocycles. The van der Waals surface area contributed by atoms with Gasteiger partial charge in [-0.1, -0.05) is 42.5 Å². The number of fused-ring (bicyclic) bond motifs is 1. The zero-order valence-electron chi connectivity index (χ0n) is 20.0. The maximum atomic E-state index is 12.0. The second-order valence-corrected chi connectivity index (χ2v) is 9.30. The van der Waals surface area contributed by atoms with E-state index in [1.807, 2.05) is 36.4 Å². The van der Waals surface area contributed by atoms with E-state index in [4.69, 9.17) is 18.9 Å². The van der Waals surface area contributed by atoms with Gasteiger partial charge in [0.1, 0.15) is 24.2 Å². The molecule has 35 heavy (non-hydrogen) atoms. The topological polar surface area (TPSA) is 117 Å². The molecule has 1 N–H and O–H groups in total. The van der Waals surface area contributed by atoms with Gasteiger partial charge in [0.15, 0.2) is 12.2 Å². The lowest BCUT2D eigenvalue weighted by atomic mass is 9.97. The molecule has 1 aliphatic rings. The van der Waals surface area contributed by atoms with Crippen molar-refractivity contribution in [3.8, 4) is 0 Å². The average molecular weight is 504 g/mol. The number of esters is 3. The summed E-state index contributed by atoms with van der Waals surface area (Å²) in [6, 6.07) is 13.3. The summed E-state index contributed by atoms with van der Waals surface area (Å²) in [7, 11) is 0. The SMILES string of the molecule is CC(=O)NC1C(SCc2ccc3ccccc3c2)OC(COC(C)=O)C(OC(C)=O)C1OC(C)=O. The fraction of sp³-hybridized carbons (Fsp3) is 0.440. The molecule has 0 radical (unpaired) electrons. The predicted octanol–water partition coefficient (Wildman–Crippen LogP) is 2.73. The molecular formula is C25H29NO8S. The Morgan fingerprint density at radius 1 is 0.886 bits per heavy atom. The molecule has 2 aromatic rings. The highest BCUT2D eigenvalue weighted by Gasteiger charge is 2.50. The summed E-state index contributed by atoms with van der Waals surface area (Å²) < 4.78 is 22.3. The van der Waals surface area contributed by atoms with Gasteiger partial charge in [-0.15, -0.1) is 11.8 Å². The molecule has 5 atom stereocenters. The molecule has 1 fully saturated rings. The highest BCUT2D eigenvalue weighted by molar-refractivity contribution is 7.99. The molecule has 2 aromatic carbocycles. The summed E-state index contributed by atoms with van der Waals surface area (Å²) in [5.41, 5.74) is 0.337. The maximum Gasteiger partial charge on any atom is 0.303 e. The summed E-state index contributed by atoms with van der Waals surface area (Å²) in [5, 5.41) is 4.99. The molecule has 188 valence electrons. The largest absolute Gasteiger partial charge is 0.463 e. The van der Waals surface area contributed by atoms with Crippen LogP contribution in [0.25, 0.3) is 10.8 Å². The smallest absolute Gasteiger partial charge is 0.303 e. The van der Waals surface area contributed by atoms with Crippen molar-refractivity contribution in [2.45, 2.75) is 63.2 Å². The minimum Gasteiger partial charge on any atom is -0.463 e. The van der Waals surface area contributed by atoms with Gasteiger partial charge in [0, 0.05) is 33.4 Å². The second kappa shape index (κ2) is 12.0. The molecule has 1 aliphatic heterocycles. The Morgan fingerprint density at radius 3 is 2.17 bits per heavy atom. The number of ether oxygens (including phenoxy) is 4. The Morgan fingerprint density at radius 2 is 1.54 bits per heavy atom. The number of hydrogen-bond donors (Lipinski definition) is 1. The van der Waals surface area contributed by atoms with Crippen LogP contribution in [0.15, 0.2) is 42.5 Å². The lowest BCUT2D eigenvalue weighted by Gasteiger charge is -2.45. The lowest BCUT2D eigenvalue weighted by molar-refractivity contribution is -0.211. The van der Waals surface area contributed by atoms with E-state index in [2.05, 4.69) is 11.4 Å². The summed E-state index contributed by atoms with van der Waals surface area (Å²) >= 11 is 1.39. The Labute approximate surface area is 207 Å². The molecule has 0 aromatic heterocycles. The first-order valence-electron chi connectivity index (χ1n) is 11.1. The number of hydrogen-bond acceptors (Lipinski definition) is 9. The van der Waals surface area contributed by atoms with Crippen molar-refractivity contribution in [1.29, 1.82) is 0 Å². The zero-order chi connectivity index (χ0) is 25.5. The fourth-order valence-corrected chi connectivity index (χ4v) is 5.13. The van der Waals surface area contributed by atoms with Crippen molar-refractivity contribution < 1.29 is 38.1 Å². The molecule has 1 saturated heterocycles. The number of rotatable bonds is 8. The third-order valence-corrected chi connectivity index (χ3v) is 6.53. The van der Waals surface area contributed by atoms with E-state index >= 15 is 0 Å². The van der Waals surface area contributed by atoms with Crippen molar-refractivity contribution in [3.05, 3.63) is 48.0 Å². The molecule has 10 heteroatoms. The average Bonchev–Trinajstić information content (AvgIpc) is 2.78. The normalized spacial score (nSPS) is 23.8. The molecule has 1 amide bonds. The van der Waals surface area contributed by atoms with Crippen LogP contribution in [0.1, 0.15) is 33.3 Å². The summed E-state index contributed by atoms with van der Waals surface area (Å²) in [5.74, 6) is -1.63. The number of thioether (sulfide) groups is 1. The second-order valence-electron chi connectivity index (χ2n) is 8.21. The zero-order valence-corrected chi connectivity index (χ0v) is 20.8. The van der Waals surface area contributed by atoms with Crippen LogP contribution in [0.4, 0.5) is 0 Å². The number of benzene rings is 2. The van der Waals surface area contributed by atoms with E-state index in [1.54, 1.807) is 0 Å². The van der Waals surface area contributed by atoms with Gasteiger partial charge in [-0.3, -0.25) is 19.2 Å². The van der Waals surface area contributed by atoms with Gasteiger partial charge >= 0.3 is 17.9 Å². The van der Waals surface area contributed by atoms with Gasteiger partial charge < -0.3 is 24.3 Å². The maximum absolute atomic E-state index is 12.0. The predicted molar refractivity (Wildman–Crippen MR) is 129 cm³/mol. The Hall–Kier alpha value is -3.11.